The van der Waals surface area contributed by atoms with Crippen LogP contribution < -0.4 is 0 Å². The molecule has 1 aliphatic heterocycles. The third kappa shape index (κ3) is 3.47. The maximum Gasteiger partial charge on any atom is 0.233 e. The molecule has 1 saturated carbocycles. The van der Waals surface area contributed by atoms with E-state index in [4.69, 9.17) is 0 Å². The summed E-state index contributed by atoms with van der Waals surface area (Å²) in [5.41, 5.74) is 2.05. The first kappa shape index (κ1) is 18.1. The molecule has 1 aromatic carbocycles. The van der Waals surface area contributed by atoms with Crippen molar-refractivity contribution in [3.63, 3.8) is 0 Å². The first-order chi connectivity index (χ1) is 12.6. The van der Waals surface area contributed by atoms with Gasteiger partial charge in [-0.05, 0) is 37.5 Å². The van der Waals surface area contributed by atoms with Crippen LogP contribution in [0.25, 0.3) is 0 Å². The zero-order valence-corrected chi connectivity index (χ0v) is 17.5. The number of piperazine rings is 1. The lowest BCUT2D eigenvalue weighted by atomic mass is 9.63. The highest BCUT2D eigenvalue weighted by molar-refractivity contribution is 9.10. The molecule has 2 aliphatic rings. The summed E-state index contributed by atoms with van der Waals surface area (Å²) >= 11 is 5.20. The number of benzene rings is 1. The SMILES string of the molecule is Cc1nc(CN2CCN(C(=O)C3(c4ccc(Br)cc4)CCC3)CC2)cs1. The number of nitrogens with zero attached hydrogens (tertiary/aromatic N) is 3. The summed E-state index contributed by atoms with van der Waals surface area (Å²) in [7, 11) is 0. The maximum atomic E-state index is 13.3. The smallest absolute Gasteiger partial charge is 0.233 e. The fourth-order valence-electron chi connectivity index (χ4n) is 4.05. The van der Waals surface area contributed by atoms with E-state index in [2.05, 4.69) is 60.4 Å². The van der Waals surface area contributed by atoms with Crippen LogP contribution in [0, 0.1) is 6.92 Å². The molecule has 1 aliphatic carbocycles. The van der Waals surface area contributed by atoms with Gasteiger partial charge in [0, 0.05) is 42.6 Å². The van der Waals surface area contributed by atoms with Gasteiger partial charge in [-0.25, -0.2) is 4.98 Å². The Kier molecular flexibility index (Phi) is 5.17. The number of amides is 1. The normalized spacial score (nSPS) is 20.0. The minimum absolute atomic E-state index is 0.283. The summed E-state index contributed by atoms with van der Waals surface area (Å²) in [4.78, 5) is 22.4. The topological polar surface area (TPSA) is 36.4 Å². The fraction of sp³-hybridized carbons (Fsp3) is 0.500. The monoisotopic (exact) mass is 433 g/mol. The maximum absolute atomic E-state index is 13.3. The lowest BCUT2D eigenvalue weighted by molar-refractivity contribution is -0.142. The number of hydrogen-bond donors (Lipinski definition) is 0. The highest BCUT2D eigenvalue weighted by atomic mass is 79.9. The standard InChI is InChI=1S/C20H24BrN3OS/c1-15-22-18(14-26-15)13-23-9-11-24(12-10-23)19(25)20(7-2-8-20)16-3-5-17(21)6-4-16/h3-6,14H,2,7-13H2,1H3. The Morgan fingerprint density at radius 1 is 1.19 bits per heavy atom. The van der Waals surface area contributed by atoms with Crippen molar-refractivity contribution in [1.29, 1.82) is 0 Å². The molecule has 0 unspecified atom stereocenters. The van der Waals surface area contributed by atoms with Crippen LogP contribution in [0.2, 0.25) is 0 Å². The summed E-state index contributed by atoms with van der Waals surface area (Å²) in [5.74, 6) is 0.329. The highest BCUT2D eigenvalue weighted by Gasteiger charge is 2.47. The second-order valence-electron chi connectivity index (χ2n) is 7.37. The Bertz CT molecular complexity index is 777. The van der Waals surface area contributed by atoms with E-state index >= 15 is 0 Å². The van der Waals surface area contributed by atoms with Crippen molar-refractivity contribution < 1.29 is 4.79 Å². The molecule has 1 aromatic heterocycles. The summed E-state index contributed by atoms with van der Waals surface area (Å²) in [6.45, 7) is 6.44. The van der Waals surface area contributed by atoms with Gasteiger partial charge in [0.2, 0.25) is 5.91 Å². The summed E-state index contributed by atoms with van der Waals surface area (Å²) in [6.07, 6.45) is 3.10. The van der Waals surface area contributed by atoms with Gasteiger partial charge >= 0.3 is 0 Å². The van der Waals surface area contributed by atoms with E-state index in [0.717, 1.165) is 67.2 Å². The highest BCUT2D eigenvalue weighted by Crippen LogP contribution is 2.45. The van der Waals surface area contributed by atoms with Crippen LogP contribution in [0.4, 0.5) is 0 Å². The lowest BCUT2D eigenvalue weighted by Gasteiger charge is -2.46. The van der Waals surface area contributed by atoms with E-state index in [9.17, 15) is 4.79 Å². The number of carbonyl (C=O) groups excluding carboxylic acids is 1. The third-order valence-corrected chi connectivity index (χ3v) is 7.08. The molecule has 138 valence electrons. The van der Waals surface area contributed by atoms with Crippen LogP contribution in [-0.2, 0) is 16.8 Å². The first-order valence-corrected chi connectivity index (χ1v) is 10.9. The van der Waals surface area contributed by atoms with Crippen molar-refractivity contribution >= 4 is 33.2 Å². The van der Waals surface area contributed by atoms with Gasteiger partial charge in [-0.15, -0.1) is 11.3 Å². The molecule has 2 heterocycles. The Morgan fingerprint density at radius 3 is 2.42 bits per heavy atom. The van der Waals surface area contributed by atoms with Crippen molar-refractivity contribution in [3.05, 3.63) is 50.4 Å². The predicted molar refractivity (Wildman–Crippen MR) is 108 cm³/mol. The molecule has 1 amide bonds. The van der Waals surface area contributed by atoms with E-state index in [1.54, 1.807) is 11.3 Å². The number of thiazole rings is 1. The molecule has 2 fully saturated rings. The predicted octanol–water partition coefficient (Wildman–Crippen LogP) is 3.98. The number of halogens is 1. The molecule has 26 heavy (non-hydrogen) atoms. The van der Waals surface area contributed by atoms with Crippen LogP contribution in [0.1, 0.15) is 35.5 Å². The molecular formula is C20H24BrN3OS. The van der Waals surface area contributed by atoms with Crippen molar-refractivity contribution in [2.45, 2.75) is 38.1 Å². The molecule has 0 radical (unpaired) electrons. The molecule has 0 spiro atoms. The largest absolute Gasteiger partial charge is 0.339 e. The molecule has 1 saturated heterocycles. The Hall–Kier alpha value is -1.24. The molecule has 0 bridgehead atoms. The van der Waals surface area contributed by atoms with E-state index in [0.29, 0.717) is 5.91 Å². The summed E-state index contributed by atoms with van der Waals surface area (Å²) in [5, 5.41) is 3.26. The summed E-state index contributed by atoms with van der Waals surface area (Å²) < 4.78 is 1.06. The number of hydrogen-bond acceptors (Lipinski definition) is 4. The minimum Gasteiger partial charge on any atom is -0.339 e. The van der Waals surface area contributed by atoms with Gasteiger partial charge in [0.1, 0.15) is 0 Å². The van der Waals surface area contributed by atoms with Crippen molar-refractivity contribution in [1.82, 2.24) is 14.8 Å². The quantitative estimate of drug-likeness (QED) is 0.731. The average molecular weight is 434 g/mol. The van der Waals surface area contributed by atoms with Crippen LogP contribution in [0.15, 0.2) is 34.1 Å². The lowest BCUT2D eigenvalue weighted by Crippen LogP contribution is -2.56. The van der Waals surface area contributed by atoms with Crippen LogP contribution >= 0.6 is 27.3 Å². The molecular weight excluding hydrogens is 410 g/mol. The van der Waals surface area contributed by atoms with E-state index in [-0.39, 0.29) is 5.41 Å². The van der Waals surface area contributed by atoms with Gasteiger partial charge in [0.15, 0.2) is 0 Å². The number of aryl methyl sites for hydroxylation is 1. The molecule has 0 N–H and O–H groups in total. The number of rotatable bonds is 4. The molecule has 6 heteroatoms. The van der Waals surface area contributed by atoms with Crippen LogP contribution in [0.5, 0.6) is 0 Å². The van der Waals surface area contributed by atoms with E-state index in [1.807, 2.05) is 6.92 Å². The van der Waals surface area contributed by atoms with Gasteiger partial charge in [0.05, 0.1) is 16.1 Å². The van der Waals surface area contributed by atoms with Gasteiger partial charge in [-0.3, -0.25) is 9.69 Å². The minimum atomic E-state index is -0.283. The zero-order chi connectivity index (χ0) is 18.1. The van der Waals surface area contributed by atoms with Crippen molar-refractivity contribution in [2.24, 2.45) is 0 Å². The van der Waals surface area contributed by atoms with Crippen LogP contribution in [-0.4, -0.2) is 46.9 Å². The van der Waals surface area contributed by atoms with E-state index < -0.39 is 0 Å². The van der Waals surface area contributed by atoms with Gasteiger partial charge in [-0.2, -0.15) is 0 Å². The van der Waals surface area contributed by atoms with Gasteiger partial charge in [-0.1, -0.05) is 34.5 Å². The molecule has 4 nitrogen and oxygen atoms in total. The first-order valence-electron chi connectivity index (χ1n) is 9.26. The molecule has 4 rings (SSSR count). The second kappa shape index (κ2) is 7.41. The van der Waals surface area contributed by atoms with Crippen molar-refractivity contribution in [2.75, 3.05) is 26.2 Å². The average Bonchev–Trinajstić information content (AvgIpc) is 3.01. The Balaban J connectivity index is 1.40. The number of carbonyl (C=O) groups is 1. The third-order valence-electron chi connectivity index (χ3n) is 5.72. The van der Waals surface area contributed by atoms with E-state index in [1.165, 1.54) is 5.56 Å². The fourth-order valence-corrected chi connectivity index (χ4v) is 4.92. The van der Waals surface area contributed by atoms with Gasteiger partial charge in [0.25, 0.3) is 0 Å². The molecule has 0 atom stereocenters. The molecule has 2 aromatic rings. The number of aromatic nitrogens is 1. The van der Waals surface area contributed by atoms with Crippen molar-refractivity contribution in [3.8, 4) is 0 Å². The summed E-state index contributed by atoms with van der Waals surface area (Å²) in [6, 6.07) is 8.33. The Labute approximate surface area is 167 Å². The second-order valence-corrected chi connectivity index (χ2v) is 9.35. The van der Waals surface area contributed by atoms with Gasteiger partial charge < -0.3 is 4.90 Å². The van der Waals surface area contributed by atoms with Crippen LogP contribution in [0.3, 0.4) is 0 Å². The Morgan fingerprint density at radius 2 is 1.88 bits per heavy atom. The zero-order valence-electron chi connectivity index (χ0n) is 15.1.